The molecular weight excluding hydrogens is 230 g/mol. The Kier molecular flexibility index (Phi) is 4.57. The SMILES string of the molecule is C=C/C=C(\C=C)C1=CC=C(Nc2ccccc2)CC1. The van der Waals surface area contributed by atoms with E-state index in [9.17, 15) is 0 Å². The van der Waals surface area contributed by atoms with Crippen LogP contribution >= 0.6 is 0 Å². The van der Waals surface area contributed by atoms with Gasteiger partial charge >= 0.3 is 0 Å². The summed E-state index contributed by atoms with van der Waals surface area (Å²) in [6.07, 6.45) is 12.0. The van der Waals surface area contributed by atoms with Crippen LogP contribution in [0, 0.1) is 0 Å². The van der Waals surface area contributed by atoms with Crippen molar-refractivity contribution in [2.24, 2.45) is 0 Å². The molecule has 0 radical (unpaired) electrons. The second-order valence-electron chi connectivity index (χ2n) is 4.44. The normalized spacial score (nSPS) is 15.3. The summed E-state index contributed by atoms with van der Waals surface area (Å²) >= 11 is 0. The minimum absolute atomic E-state index is 1.02. The summed E-state index contributed by atoms with van der Waals surface area (Å²) in [5.41, 5.74) is 4.85. The molecule has 96 valence electrons. The summed E-state index contributed by atoms with van der Waals surface area (Å²) in [7, 11) is 0. The van der Waals surface area contributed by atoms with Gasteiger partial charge in [-0.25, -0.2) is 0 Å². The van der Waals surface area contributed by atoms with Crippen molar-refractivity contribution in [2.75, 3.05) is 5.32 Å². The third-order valence-electron chi connectivity index (χ3n) is 3.12. The second kappa shape index (κ2) is 6.60. The van der Waals surface area contributed by atoms with Gasteiger partial charge in [0.15, 0.2) is 0 Å². The van der Waals surface area contributed by atoms with E-state index in [4.69, 9.17) is 0 Å². The predicted molar refractivity (Wildman–Crippen MR) is 83.9 cm³/mol. The molecule has 1 aromatic carbocycles. The Bertz CT molecular complexity index is 544. The number of anilines is 1. The molecule has 1 nitrogen and oxygen atoms in total. The molecule has 0 fully saturated rings. The quantitative estimate of drug-likeness (QED) is 0.724. The Morgan fingerprint density at radius 2 is 1.84 bits per heavy atom. The van der Waals surface area contributed by atoms with Gasteiger partial charge < -0.3 is 5.32 Å². The number of hydrogen-bond acceptors (Lipinski definition) is 1. The van der Waals surface area contributed by atoms with Gasteiger partial charge in [-0.3, -0.25) is 0 Å². The van der Waals surface area contributed by atoms with Crippen LogP contribution < -0.4 is 5.32 Å². The molecule has 0 saturated carbocycles. The highest BCUT2D eigenvalue weighted by Gasteiger charge is 2.08. The minimum atomic E-state index is 1.02. The predicted octanol–water partition coefficient (Wildman–Crippen LogP) is 5.00. The Hall–Kier alpha value is -2.28. The molecule has 0 amide bonds. The van der Waals surface area contributed by atoms with E-state index in [-0.39, 0.29) is 0 Å². The molecule has 0 saturated heterocycles. The molecule has 0 bridgehead atoms. The lowest BCUT2D eigenvalue weighted by atomic mass is 9.95. The first-order valence-corrected chi connectivity index (χ1v) is 6.51. The van der Waals surface area contributed by atoms with Crippen molar-refractivity contribution in [2.45, 2.75) is 12.8 Å². The van der Waals surface area contributed by atoms with Crippen molar-refractivity contribution in [1.82, 2.24) is 0 Å². The lowest BCUT2D eigenvalue weighted by Gasteiger charge is -2.17. The molecule has 0 aliphatic heterocycles. The molecule has 1 N–H and O–H groups in total. The lowest BCUT2D eigenvalue weighted by molar-refractivity contribution is 0.923. The highest BCUT2D eigenvalue weighted by atomic mass is 14.9. The van der Waals surface area contributed by atoms with Crippen LogP contribution in [-0.4, -0.2) is 0 Å². The number of benzene rings is 1. The molecule has 1 aromatic rings. The van der Waals surface area contributed by atoms with Crippen LogP contribution in [0.4, 0.5) is 5.69 Å². The fraction of sp³-hybridized carbons (Fsp3) is 0.111. The van der Waals surface area contributed by atoms with Gasteiger partial charge in [0.1, 0.15) is 0 Å². The van der Waals surface area contributed by atoms with Gasteiger partial charge in [0, 0.05) is 11.4 Å². The van der Waals surface area contributed by atoms with E-state index in [1.807, 2.05) is 30.4 Å². The summed E-state index contributed by atoms with van der Waals surface area (Å²) in [5, 5.41) is 3.44. The summed E-state index contributed by atoms with van der Waals surface area (Å²) in [5.74, 6) is 0. The lowest BCUT2D eigenvalue weighted by Crippen LogP contribution is -2.03. The Morgan fingerprint density at radius 3 is 2.42 bits per heavy atom. The second-order valence-corrected chi connectivity index (χ2v) is 4.44. The first-order chi connectivity index (χ1) is 9.33. The van der Waals surface area contributed by atoms with E-state index in [0.29, 0.717) is 0 Å². The van der Waals surface area contributed by atoms with E-state index in [1.165, 1.54) is 11.3 Å². The van der Waals surface area contributed by atoms with Crippen molar-refractivity contribution in [3.8, 4) is 0 Å². The highest BCUT2D eigenvalue weighted by Crippen LogP contribution is 2.25. The van der Waals surface area contributed by atoms with E-state index >= 15 is 0 Å². The van der Waals surface area contributed by atoms with Crippen LogP contribution in [-0.2, 0) is 0 Å². The fourth-order valence-electron chi connectivity index (χ4n) is 2.12. The maximum absolute atomic E-state index is 3.85. The van der Waals surface area contributed by atoms with Gasteiger partial charge in [-0.15, -0.1) is 0 Å². The first-order valence-electron chi connectivity index (χ1n) is 6.51. The third kappa shape index (κ3) is 3.59. The zero-order valence-corrected chi connectivity index (χ0v) is 11.1. The number of para-hydroxylation sites is 1. The topological polar surface area (TPSA) is 12.0 Å². The molecule has 0 aromatic heterocycles. The summed E-state index contributed by atoms with van der Waals surface area (Å²) < 4.78 is 0. The first kappa shape index (κ1) is 13.2. The van der Waals surface area contributed by atoms with Crippen molar-refractivity contribution < 1.29 is 0 Å². The standard InChI is InChI=1S/C18H19N/c1-3-8-15(4-2)16-11-13-18(14-12-16)19-17-9-6-5-7-10-17/h3-11,13,19H,1-2,12,14H2/b15-8+. The Labute approximate surface area is 115 Å². The van der Waals surface area contributed by atoms with Gasteiger partial charge in [0.2, 0.25) is 0 Å². The highest BCUT2D eigenvalue weighted by molar-refractivity contribution is 5.51. The van der Waals surface area contributed by atoms with Crippen molar-refractivity contribution in [3.05, 3.63) is 90.7 Å². The molecule has 2 rings (SSSR count). The van der Waals surface area contributed by atoms with Gasteiger partial charge in [-0.2, -0.15) is 0 Å². The average molecular weight is 249 g/mol. The van der Waals surface area contributed by atoms with Gasteiger partial charge in [0.05, 0.1) is 0 Å². The van der Waals surface area contributed by atoms with Crippen LogP contribution in [0.25, 0.3) is 0 Å². The van der Waals surface area contributed by atoms with Crippen molar-refractivity contribution in [1.29, 1.82) is 0 Å². The van der Waals surface area contributed by atoms with Gasteiger partial charge in [-0.05, 0) is 42.2 Å². The van der Waals surface area contributed by atoms with Crippen molar-refractivity contribution >= 4 is 5.69 Å². The van der Waals surface area contributed by atoms with Gasteiger partial charge in [0.25, 0.3) is 0 Å². The summed E-state index contributed by atoms with van der Waals surface area (Å²) in [6.45, 7) is 7.58. The summed E-state index contributed by atoms with van der Waals surface area (Å²) in [6, 6.07) is 10.2. The van der Waals surface area contributed by atoms with Crippen LogP contribution in [0.3, 0.4) is 0 Å². The molecule has 1 aliphatic rings. The smallest absolute Gasteiger partial charge is 0.0381 e. The largest absolute Gasteiger partial charge is 0.359 e. The molecule has 0 heterocycles. The van der Waals surface area contributed by atoms with E-state index in [2.05, 4.69) is 42.8 Å². The van der Waals surface area contributed by atoms with Crippen LogP contribution in [0.15, 0.2) is 90.7 Å². The minimum Gasteiger partial charge on any atom is -0.359 e. The van der Waals surface area contributed by atoms with Gasteiger partial charge in [-0.1, -0.05) is 55.7 Å². The number of hydrogen-bond donors (Lipinski definition) is 1. The van der Waals surface area contributed by atoms with E-state index < -0.39 is 0 Å². The molecule has 1 aliphatic carbocycles. The van der Waals surface area contributed by atoms with Crippen LogP contribution in [0.1, 0.15) is 12.8 Å². The number of allylic oxidation sites excluding steroid dienone is 8. The molecule has 0 unspecified atom stereocenters. The van der Waals surface area contributed by atoms with E-state index in [1.54, 1.807) is 6.08 Å². The monoisotopic (exact) mass is 249 g/mol. The summed E-state index contributed by atoms with van der Waals surface area (Å²) in [4.78, 5) is 0. The molecule has 19 heavy (non-hydrogen) atoms. The molecule has 0 atom stereocenters. The number of nitrogens with one attached hydrogen (secondary N) is 1. The maximum Gasteiger partial charge on any atom is 0.0381 e. The van der Waals surface area contributed by atoms with Crippen LogP contribution in [0.2, 0.25) is 0 Å². The zero-order valence-electron chi connectivity index (χ0n) is 11.1. The van der Waals surface area contributed by atoms with E-state index in [0.717, 1.165) is 24.1 Å². The maximum atomic E-state index is 3.85. The van der Waals surface area contributed by atoms with Crippen molar-refractivity contribution in [3.63, 3.8) is 0 Å². The Morgan fingerprint density at radius 1 is 1.05 bits per heavy atom. The zero-order chi connectivity index (χ0) is 13.5. The molecule has 1 heteroatoms. The Balaban J connectivity index is 2.10. The fourth-order valence-corrected chi connectivity index (χ4v) is 2.12. The molecule has 0 spiro atoms. The average Bonchev–Trinajstić information content (AvgIpc) is 2.47. The third-order valence-corrected chi connectivity index (χ3v) is 3.12. The van der Waals surface area contributed by atoms with Crippen LogP contribution in [0.5, 0.6) is 0 Å². The number of rotatable bonds is 5. The molecular formula is C18H19N.